The standard InChI is InChI=1S/C21H24BrN3O2/c1-20(2,26)13-25-12-14(11-23-25)18-10-19(24-27-18)21(3,15-4-5-15)16-6-8-17(22)9-7-16/h6-12,15,26H,4-5,13H2,1-3H3. The van der Waals surface area contributed by atoms with Crippen LogP contribution in [0.1, 0.15) is 44.9 Å². The van der Waals surface area contributed by atoms with Gasteiger partial charge in [-0.25, -0.2) is 0 Å². The molecule has 2 heterocycles. The maximum Gasteiger partial charge on any atom is 0.170 e. The molecule has 0 aliphatic heterocycles. The molecule has 3 aromatic rings. The van der Waals surface area contributed by atoms with Crippen molar-refractivity contribution < 1.29 is 9.63 Å². The van der Waals surface area contributed by atoms with Gasteiger partial charge in [0.25, 0.3) is 0 Å². The maximum atomic E-state index is 9.98. The average molecular weight is 430 g/mol. The van der Waals surface area contributed by atoms with Gasteiger partial charge in [-0.2, -0.15) is 5.10 Å². The molecular formula is C21H24BrN3O2. The highest BCUT2D eigenvalue weighted by Gasteiger charge is 2.46. The van der Waals surface area contributed by atoms with Crippen molar-refractivity contribution in [2.24, 2.45) is 5.92 Å². The fourth-order valence-electron chi connectivity index (χ4n) is 3.68. The summed E-state index contributed by atoms with van der Waals surface area (Å²) < 4.78 is 8.49. The van der Waals surface area contributed by atoms with Crippen LogP contribution in [0.3, 0.4) is 0 Å². The Balaban J connectivity index is 1.65. The molecule has 1 aliphatic carbocycles. The molecule has 5 nitrogen and oxygen atoms in total. The van der Waals surface area contributed by atoms with E-state index in [1.54, 1.807) is 24.7 Å². The summed E-state index contributed by atoms with van der Waals surface area (Å²) >= 11 is 3.52. The van der Waals surface area contributed by atoms with Gasteiger partial charge in [0.05, 0.1) is 29.6 Å². The summed E-state index contributed by atoms with van der Waals surface area (Å²) in [5, 5.41) is 18.7. The molecule has 27 heavy (non-hydrogen) atoms. The molecular weight excluding hydrogens is 406 g/mol. The van der Waals surface area contributed by atoms with Gasteiger partial charge in [0.15, 0.2) is 5.76 Å². The first-order valence-electron chi connectivity index (χ1n) is 9.24. The first kappa shape index (κ1) is 18.4. The van der Waals surface area contributed by atoms with Gasteiger partial charge in [-0.05, 0) is 57.2 Å². The second-order valence-corrected chi connectivity index (χ2v) is 9.21. The Bertz CT molecular complexity index is 935. The summed E-state index contributed by atoms with van der Waals surface area (Å²) in [6.07, 6.45) is 6.05. The molecule has 2 aromatic heterocycles. The summed E-state index contributed by atoms with van der Waals surface area (Å²) in [5.41, 5.74) is 2.10. The van der Waals surface area contributed by atoms with Crippen molar-refractivity contribution >= 4 is 15.9 Å². The quantitative estimate of drug-likeness (QED) is 0.611. The molecule has 4 rings (SSSR count). The minimum Gasteiger partial charge on any atom is -0.389 e. The van der Waals surface area contributed by atoms with Crippen LogP contribution < -0.4 is 0 Å². The molecule has 0 saturated heterocycles. The van der Waals surface area contributed by atoms with Crippen LogP contribution in [0.4, 0.5) is 0 Å². The molecule has 1 N–H and O–H groups in total. The average Bonchev–Trinajstić information content (AvgIpc) is 3.16. The Morgan fingerprint density at radius 2 is 1.93 bits per heavy atom. The lowest BCUT2D eigenvalue weighted by atomic mass is 9.75. The van der Waals surface area contributed by atoms with Crippen LogP contribution in [0.15, 0.2) is 51.7 Å². The van der Waals surface area contributed by atoms with Gasteiger partial charge in [0, 0.05) is 22.2 Å². The normalized spacial score (nSPS) is 17.1. The maximum absolute atomic E-state index is 9.98. The van der Waals surface area contributed by atoms with E-state index in [1.165, 1.54) is 18.4 Å². The minimum absolute atomic E-state index is 0.161. The van der Waals surface area contributed by atoms with Gasteiger partial charge in [-0.15, -0.1) is 0 Å². The van der Waals surface area contributed by atoms with Gasteiger partial charge in [-0.3, -0.25) is 4.68 Å². The third-order valence-electron chi connectivity index (χ3n) is 5.35. The van der Waals surface area contributed by atoms with E-state index in [1.807, 2.05) is 12.3 Å². The van der Waals surface area contributed by atoms with Gasteiger partial charge in [0.1, 0.15) is 0 Å². The SMILES string of the molecule is CC(C)(O)Cn1cc(-c2cc(C(C)(c3ccc(Br)cc3)C3CC3)no2)cn1. The number of hydrogen-bond acceptors (Lipinski definition) is 4. The number of benzene rings is 1. The van der Waals surface area contributed by atoms with Crippen LogP contribution in [0.5, 0.6) is 0 Å². The van der Waals surface area contributed by atoms with E-state index in [4.69, 9.17) is 4.52 Å². The Labute approximate surface area is 167 Å². The van der Waals surface area contributed by atoms with Crippen molar-refractivity contribution in [3.63, 3.8) is 0 Å². The van der Waals surface area contributed by atoms with E-state index in [0.717, 1.165) is 15.7 Å². The van der Waals surface area contributed by atoms with Crippen LogP contribution >= 0.6 is 15.9 Å². The van der Waals surface area contributed by atoms with Crippen molar-refractivity contribution in [1.82, 2.24) is 14.9 Å². The molecule has 1 atom stereocenters. The molecule has 1 aromatic carbocycles. The van der Waals surface area contributed by atoms with E-state index in [-0.39, 0.29) is 5.41 Å². The zero-order valence-electron chi connectivity index (χ0n) is 15.8. The minimum atomic E-state index is -0.817. The molecule has 1 saturated carbocycles. The summed E-state index contributed by atoms with van der Waals surface area (Å²) in [7, 11) is 0. The van der Waals surface area contributed by atoms with Crippen molar-refractivity contribution in [3.05, 3.63) is 58.5 Å². The van der Waals surface area contributed by atoms with Crippen LogP contribution in [-0.2, 0) is 12.0 Å². The summed E-state index contributed by atoms with van der Waals surface area (Å²) in [6.45, 7) is 6.21. The molecule has 0 radical (unpaired) electrons. The van der Waals surface area contributed by atoms with E-state index < -0.39 is 5.60 Å². The lowest BCUT2D eigenvalue weighted by Crippen LogP contribution is -2.26. The number of aromatic nitrogens is 3. The van der Waals surface area contributed by atoms with Gasteiger partial charge in [-0.1, -0.05) is 33.2 Å². The fraction of sp³-hybridized carbons (Fsp3) is 0.429. The first-order chi connectivity index (χ1) is 12.8. The fourth-order valence-corrected chi connectivity index (χ4v) is 3.94. The first-order valence-corrected chi connectivity index (χ1v) is 10.0. The van der Waals surface area contributed by atoms with Gasteiger partial charge >= 0.3 is 0 Å². The zero-order valence-corrected chi connectivity index (χ0v) is 17.4. The molecule has 142 valence electrons. The predicted molar refractivity (Wildman–Crippen MR) is 107 cm³/mol. The Kier molecular flexibility index (Phi) is 4.51. The number of aliphatic hydroxyl groups is 1. The highest BCUT2D eigenvalue weighted by molar-refractivity contribution is 9.10. The topological polar surface area (TPSA) is 64.1 Å². The number of halogens is 1. The van der Waals surface area contributed by atoms with Crippen molar-refractivity contribution in [3.8, 4) is 11.3 Å². The van der Waals surface area contributed by atoms with E-state index >= 15 is 0 Å². The molecule has 0 bridgehead atoms. The summed E-state index contributed by atoms with van der Waals surface area (Å²) in [5.74, 6) is 1.28. The lowest BCUT2D eigenvalue weighted by molar-refractivity contribution is 0.0577. The number of hydrogen-bond donors (Lipinski definition) is 1. The highest BCUT2D eigenvalue weighted by Crippen LogP contribution is 2.51. The smallest absolute Gasteiger partial charge is 0.170 e. The van der Waals surface area contributed by atoms with E-state index in [2.05, 4.69) is 57.4 Å². The number of nitrogens with zero attached hydrogens (tertiary/aromatic N) is 3. The molecule has 1 aliphatic rings. The molecule has 1 unspecified atom stereocenters. The molecule has 1 fully saturated rings. The van der Waals surface area contributed by atoms with Gasteiger partial charge in [0.2, 0.25) is 0 Å². The monoisotopic (exact) mass is 429 g/mol. The molecule has 0 spiro atoms. The van der Waals surface area contributed by atoms with Gasteiger partial charge < -0.3 is 9.63 Å². The Morgan fingerprint density at radius 3 is 2.56 bits per heavy atom. The van der Waals surface area contributed by atoms with Crippen molar-refractivity contribution in [2.45, 2.75) is 51.2 Å². The third-order valence-corrected chi connectivity index (χ3v) is 5.88. The number of rotatable bonds is 6. The second-order valence-electron chi connectivity index (χ2n) is 8.30. The zero-order chi connectivity index (χ0) is 19.2. The van der Waals surface area contributed by atoms with Crippen LogP contribution in [0, 0.1) is 5.92 Å². The summed E-state index contributed by atoms with van der Waals surface area (Å²) in [6, 6.07) is 10.5. The van der Waals surface area contributed by atoms with Crippen molar-refractivity contribution in [2.75, 3.05) is 0 Å². The predicted octanol–water partition coefficient (Wildman–Crippen LogP) is 4.79. The Morgan fingerprint density at radius 1 is 1.22 bits per heavy atom. The summed E-state index contributed by atoms with van der Waals surface area (Å²) in [4.78, 5) is 0. The third kappa shape index (κ3) is 3.73. The highest BCUT2D eigenvalue weighted by atomic mass is 79.9. The largest absolute Gasteiger partial charge is 0.389 e. The van der Waals surface area contributed by atoms with Crippen LogP contribution in [0.25, 0.3) is 11.3 Å². The second kappa shape index (κ2) is 6.60. The van der Waals surface area contributed by atoms with Crippen LogP contribution in [-0.4, -0.2) is 25.6 Å². The lowest BCUT2D eigenvalue weighted by Gasteiger charge is -2.28. The van der Waals surface area contributed by atoms with E-state index in [0.29, 0.717) is 18.2 Å². The Hall–Kier alpha value is -1.92. The van der Waals surface area contributed by atoms with Crippen molar-refractivity contribution in [1.29, 1.82) is 0 Å². The van der Waals surface area contributed by atoms with Crippen LogP contribution in [0.2, 0.25) is 0 Å². The molecule has 6 heteroatoms. The molecule has 0 amide bonds. The van der Waals surface area contributed by atoms with E-state index in [9.17, 15) is 5.11 Å².